The van der Waals surface area contributed by atoms with Crippen LogP contribution in [0.1, 0.15) is 18.1 Å². The highest BCUT2D eigenvalue weighted by molar-refractivity contribution is 7.89. The number of aromatic nitrogens is 2. The van der Waals surface area contributed by atoms with Crippen LogP contribution in [0.3, 0.4) is 0 Å². The third-order valence-corrected chi connectivity index (χ3v) is 4.51. The van der Waals surface area contributed by atoms with Gasteiger partial charge in [0.2, 0.25) is 10.0 Å². The van der Waals surface area contributed by atoms with Crippen molar-refractivity contribution in [3.8, 4) is 0 Å². The van der Waals surface area contributed by atoms with Gasteiger partial charge in [-0.15, -0.1) is 0 Å². The number of sulfonamides is 1. The fourth-order valence-electron chi connectivity index (χ4n) is 1.88. The van der Waals surface area contributed by atoms with Crippen LogP contribution in [0.15, 0.2) is 41.6 Å². The van der Waals surface area contributed by atoms with Crippen molar-refractivity contribution in [2.75, 3.05) is 13.1 Å². The molecule has 1 aromatic carbocycles. The molecular formula is C14H20N4O2S. The van der Waals surface area contributed by atoms with Gasteiger partial charge in [-0.3, -0.25) is 5.10 Å². The van der Waals surface area contributed by atoms with E-state index in [9.17, 15) is 8.42 Å². The molecule has 6 nitrogen and oxygen atoms in total. The number of aromatic amines is 1. The van der Waals surface area contributed by atoms with Gasteiger partial charge in [0.05, 0.1) is 11.1 Å². The second-order valence-electron chi connectivity index (χ2n) is 4.68. The van der Waals surface area contributed by atoms with Crippen molar-refractivity contribution in [3.05, 3.63) is 47.8 Å². The quantitative estimate of drug-likeness (QED) is 0.636. The van der Waals surface area contributed by atoms with E-state index in [1.807, 2.05) is 12.1 Å². The largest absolute Gasteiger partial charge is 0.317 e. The molecule has 0 radical (unpaired) electrons. The van der Waals surface area contributed by atoms with E-state index in [0.717, 1.165) is 30.6 Å². The summed E-state index contributed by atoms with van der Waals surface area (Å²) in [5.74, 6) is 0. The SMILES string of the molecule is CCNCCc1ccc(S(=O)(=O)NCc2cn[nH]c2)cc1. The third kappa shape index (κ3) is 4.66. The van der Waals surface area contributed by atoms with Crippen LogP contribution in [0.25, 0.3) is 0 Å². The molecule has 0 fully saturated rings. The molecule has 0 aliphatic carbocycles. The first-order valence-electron chi connectivity index (χ1n) is 6.89. The van der Waals surface area contributed by atoms with Crippen molar-refractivity contribution in [3.63, 3.8) is 0 Å². The number of H-pyrrole nitrogens is 1. The van der Waals surface area contributed by atoms with E-state index in [-0.39, 0.29) is 11.4 Å². The summed E-state index contributed by atoms with van der Waals surface area (Å²) in [5, 5.41) is 9.66. The Bertz CT molecular complexity index is 636. The topological polar surface area (TPSA) is 86.9 Å². The van der Waals surface area contributed by atoms with Crippen LogP contribution in [0.5, 0.6) is 0 Å². The highest BCUT2D eigenvalue weighted by atomic mass is 32.2. The maximum absolute atomic E-state index is 12.1. The van der Waals surface area contributed by atoms with E-state index in [4.69, 9.17) is 0 Å². The number of hydrogen-bond acceptors (Lipinski definition) is 4. The highest BCUT2D eigenvalue weighted by Gasteiger charge is 2.13. The normalized spacial score (nSPS) is 11.7. The molecule has 0 saturated heterocycles. The Hall–Kier alpha value is -1.70. The second kappa shape index (κ2) is 7.35. The first-order chi connectivity index (χ1) is 10.1. The highest BCUT2D eigenvalue weighted by Crippen LogP contribution is 2.11. The minimum atomic E-state index is -3.49. The third-order valence-electron chi connectivity index (χ3n) is 3.10. The fourth-order valence-corrected chi connectivity index (χ4v) is 2.90. The number of hydrogen-bond donors (Lipinski definition) is 3. The van der Waals surface area contributed by atoms with Crippen molar-refractivity contribution in [1.29, 1.82) is 0 Å². The van der Waals surface area contributed by atoms with Gasteiger partial charge in [-0.25, -0.2) is 13.1 Å². The van der Waals surface area contributed by atoms with Crippen LogP contribution < -0.4 is 10.0 Å². The average molecular weight is 308 g/mol. The van der Waals surface area contributed by atoms with Gasteiger partial charge in [0.1, 0.15) is 0 Å². The average Bonchev–Trinajstić information content (AvgIpc) is 3.00. The van der Waals surface area contributed by atoms with Gasteiger partial charge in [-0.1, -0.05) is 19.1 Å². The minimum Gasteiger partial charge on any atom is -0.317 e. The van der Waals surface area contributed by atoms with E-state index in [1.165, 1.54) is 0 Å². The predicted octanol–water partition coefficient (Wildman–Crippen LogP) is 1.04. The van der Waals surface area contributed by atoms with Gasteiger partial charge in [0.25, 0.3) is 0 Å². The van der Waals surface area contributed by atoms with E-state index in [1.54, 1.807) is 24.5 Å². The monoisotopic (exact) mass is 308 g/mol. The van der Waals surface area contributed by atoms with Crippen molar-refractivity contribution in [2.45, 2.75) is 24.8 Å². The number of nitrogens with one attached hydrogen (secondary N) is 3. The summed E-state index contributed by atoms with van der Waals surface area (Å²) in [6.07, 6.45) is 4.13. The van der Waals surface area contributed by atoms with Crippen LogP contribution in [-0.2, 0) is 23.0 Å². The van der Waals surface area contributed by atoms with Crippen LogP contribution in [0, 0.1) is 0 Å². The molecule has 2 aromatic rings. The summed E-state index contributed by atoms with van der Waals surface area (Å²) in [6.45, 7) is 4.11. The fraction of sp³-hybridized carbons (Fsp3) is 0.357. The molecule has 114 valence electrons. The van der Waals surface area contributed by atoms with Crippen molar-refractivity contribution in [2.24, 2.45) is 0 Å². The predicted molar refractivity (Wildman–Crippen MR) is 81.3 cm³/mol. The summed E-state index contributed by atoms with van der Waals surface area (Å²) >= 11 is 0. The van der Waals surface area contributed by atoms with Crippen LogP contribution >= 0.6 is 0 Å². The van der Waals surface area contributed by atoms with E-state index in [2.05, 4.69) is 27.2 Å². The Morgan fingerprint density at radius 3 is 2.57 bits per heavy atom. The van der Waals surface area contributed by atoms with Crippen LogP contribution in [-0.4, -0.2) is 31.7 Å². The molecule has 1 aromatic heterocycles. The zero-order chi connectivity index (χ0) is 15.1. The first-order valence-corrected chi connectivity index (χ1v) is 8.37. The molecule has 21 heavy (non-hydrogen) atoms. The maximum atomic E-state index is 12.1. The summed E-state index contributed by atoms with van der Waals surface area (Å²) in [5.41, 5.74) is 1.91. The molecule has 0 saturated carbocycles. The number of rotatable bonds is 8. The van der Waals surface area contributed by atoms with Gasteiger partial charge in [0, 0.05) is 18.3 Å². The Morgan fingerprint density at radius 2 is 1.95 bits per heavy atom. The van der Waals surface area contributed by atoms with Crippen molar-refractivity contribution < 1.29 is 8.42 Å². The summed E-state index contributed by atoms with van der Waals surface area (Å²) in [4.78, 5) is 0.276. The number of benzene rings is 1. The molecule has 0 aliphatic rings. The van der Waals surface area contributed by atoms with Crippen molar-refractivity contribution >= 4 is 10.0 Å². The molecule has 0 unspecified atom stereocenters. The Labute approximate surface area is 125 Å². The van der Waals surface area contributed by atoms with Crippen molar-refractivity contribution in [1.82, 2.24) is 20.2 Å². The van der Waals surface area contributed by atoms with Gasteiger partial charge in [-0.2, -0.15) is 5.10 Å². The van der Waals surface area contributed by atoms with Gasteiger partial charge >= 0.3 is 0 Å². The Kier molecular flexibility index (Phi) is 5.49. The molecule has 0 aliphatic heterocycles. The molecule has 3 N–H and O–H groups in total. The lowest BCUT2D eigenvalue weighted by molar-refractivity contribution is 0.581. The standard InChI is InChI=1S/C14H20N4O2S/c1-2-15-8-7-12-3-5-14(6-4-12)21(19,20)18-11-13-9-16-17-10-13/h3-6,9-10,15,18H,2,7-8,11H2,1H3,(H,16,17). The zero-order valence-corrected chi connectivity index (χ0v) is 12.8. The number of likely N-dealkylation sites (N-methyl/N-ethyl adjacent to an activating group) is 1. The molecule has 0 amide bonds. The maximum Gasteiger partial charge on any atom is 0.240 e. The molecule has 0 spiro atoms. The van der Waals surface area contributed by atoms with Gasteiger partial charge < -0.3 is 5.32 Å². The molecule has 0 bridgehead atoms. The Morgan fingerprint density at radius 1 is 1.19 bits per heavy atom. The molecule has 2 rings (SSSR count). The molecular weight excluding hydrogens is 288 g/mol. The lowest BCUT2D eigenvalue weighted by Gasteiger charge is -2.07. The number of nitrogens with zero attached hydrogens (tertiary/aromatic N) is 1. The van der Waals surface area contributed by atoms with Gasteiger partial charge in [-0.05, 0) is 37.2 Å². The molecule has 0 atom stereocenters. The smallest absolute Gasteiger partial charge is 0.240 e. The lowest BCUT2D eigenvalue weighted by atomic mass is 10.1. The first kappa shape index (κ1) is 15.7. The van der Waals surface area contributed by atoms with Crippen LogP contribution in [0.4, 0.5) is 0 Å². The molecule has 7 heteroatoms. The zero-order valence-electron chi connectivity index (χ0n) is 12.0. The van der Waals surface area contributed by atoms with E-state index in [0.29, 0.717) is 0 Å². The molecule has 1 heterocycles. The minimum absolute atomic E-state index is 0.223. The van der Waals surface area contributed by atoms with Gasteiger partial charge in [0.15, 0.2) is 0 Å². The summed E-state index contributed by atoms with van der Waals surface area (Å²) in [7, 11) is -3.49. The van der Waals surface area contributed by atoms with Crippen LogP contribution in [0.2, 0.25) is 0 Å². The summed E-state index contributed by atoms with van der Waals surface area (Å²) in [6, 6.07) is 6.98. The second-order valence-corrected chi connectivity index (χ2v) is 6.45. The van der Waals surface area contributed by atoms with E-state index >= 15 is 0 Å². The Balaban J connectivity index is 1.96. The van der Waals surface area contributed by atoms with E-state index < -0.39 is 10.0 Å². The lowest BCUT2D eigenvalue weighted by Crippen LogP contribution is -2.23. The summed E-state index contributed by atoms with van der Waals surface area (Å²) < 4.78 is 26.8.